The Balaban J connectivity index is 3.53. The average Bonchev–Trinajstić information content (AvgIpc) is 2.41. The summed E-state index contributed by atoms with van der Waals surface area (Å²) in [6.07, 6.45) is 12.6. The van der Waals surface area contributed by atoms with Crippen molar-refractivity contribution in [2.24, 2.45) is 0 Å². The highest BCUT2D eigenvalue weighted by atomic mass is 16.4. The zero-order chi connectivity index (χ0) is 15.1. The van der Waals surface area contributed by atoms with Gasteiger partial charge in [0.1, 0.15) is 6.10 Å². The van der Waals surface area contributed by atoms with Crippen molar-refractivity contribution in [2.45, 2.75) is 63.9 Å². The third-order valence-corrected chi connectivity index (χ3v) is 2.85. The van der Waals surface area contributed by atoms with E-state index in [4.69, 9.17) is 5.11 Å². The van der Waals surface area contributed by atoms with Gasteiger partial charge in [-0.2, -0.15) is 0 Å². The first-order valence-electron chi connectivity index (χ1n) is 7.33. The Morgan fingerprint density at radius 2 is 1.90 bits per heavy atom. The fourth-order valence-corrected chi connectivity index (χ4v) is 1.70. The molecule has 0 aliphatic heterocycles. The fourth-order valence-electron chi connectivity index (χ4n) is 1.70. The Labute approximate surface area is 122 Å². The zero-order valence-electron chi connectivity index (χ0n) is 12.2. The minimum Gasteiger partial charge on any atom is -0.481 e. The van der Waals surface area contributed by atoms with Gasteiger partial charge in [0.15, 0.2) is 0 Å². The van der Waals surface area contributed by atoms with Crippen molar-refractivity contribution in [1.82, 2.24) is 0 Å². The predicted octanol–water partition coefficient (Wildman–Crippen LogP) is 3.69. The maximum absolute atomic E-state index is 10.3. The summed E-state index contributed by atoms with van der Waals surface area (Å²) < 4.78 is 0. The van der Waals surface area contributed by atoms with Gasteiger partial charge in [0.25, 0.3) is 0 Å². The second kappa shape index (κ2) is 13.9. The first-order valence-corrected chi connectivity index (χ1v) is 7.33. The van der Waals surface area contributed by atoms with Gasteiger partial charge in [-0.25, -0.2) is 0 Å². The molecule has 0 heterocycles. The number of hydrogen-bond acceptors (Lipinski definition) is 2. The first-order chi connectivity index (χ1) is 9.66. The molecule has 0 spiro atoms. The SMILES string of the molecule is C=CCCCC/C=C/C#CC(O)CCCCCC(=O)O. The smallest absolute Gasteiger partial charge is 0.303 e. The number of unbranched alkanes of at least 4 members (excludes halogenated alkanes) is 5. The highest BCUT2D eigenvalue weighted by Gasteiger charge is 2.00. The largest absolute Gasteiger partial charge is 0.481 e. The van der Waals surface area contributed by atoms with E-state index in [0.717, 1.165) is 38.5 Å². The molecular formula is C17H26O3. The molecule has 0 rings (SSSR count). The maximum atomic E-state index is 10.3. The van der Waals surface area contributed by atoms with E-state index >= 15 is 0 Å². The number of carboxylic acids is 1. The van der Waals surface area contributed by atoms with Crippen molar-refractivity contribution >= 4 is 5.97 Å². The second-order valence-electron chi connectivity index (χ2n) is 4.77. The molecule has 0 aromatic carbocycles. The molecule has 0 aliphatic carbocycles. The van der Waals surface area contributed by atoms with Gasteiger partial charge < -0.3 is 10.2 Å². The van der Waals surface area contributed by atoms with E-state index in [9.17, 15) is 9.90 Å². The molecule has 2 N–H and O–H groups in total. The van der Waals surface area contributed by atoms with Crippen LogP contribution in [0.15, 0.2) is 24.8 Å². The van der Waals surface area contributed by atoms with E-state index < -0.39 is 12.1 Å². The quantitative estimate of drug-likeness (QED) is 0.344. The highest BCUT2D eigenvalue weighted by molar-refractivity contribution is 5.66. The molecule has 1 atom stereocenters. The Morgan fingerprint density at radius 3 is 2.60 bits per heavy atom. The van der Waals surface area contributed by atoms with Crippen molar-refractivity contribution in [3.8, 4) is 11.8 Å². The van der Waals surface area contributed by atoms with Gasteiger partial charge in [-0.3, -0.25) is 4.79 Å². The molecule has 3 nitrogen and oxygen atoms in total. The Kier molecular flexibility index (Phi) is 12.8. The lowest BCUT2D eigenvalue weighted by molar-refractivity contribution is -0.137. The van der Waals surface area contributed by atoms with Gasteiger partial charge in [-0.15, -0.1) is 6.58 Å². The summed E-state index contributed by atoms with van der Waals surface area (Å²) in [5, 5.41) is 18.1. The van der Waals surface area contributed by atoms with E-state index in [2.05, 4.69) is 18.4 Å². The summed E-state index contributed by atoms with van der Waals surface area (Å²) in [5.41, 5.74) is 0. The Hall–Kier alpha value is -1.53. The lowest BCUT2D eigenvalue weighted by Gasteiger charge is -2.01. The second-order valence-corrected chi connectivity index (χ2v) is 4.77. The minimum absolute atomic E-state index is 0.205. The van der Waals surface area contributed by atoms with Crippen LogP contribution in [0, 0.1) is 11.8 Å². The standard InChI is InChI=1S/C17H26O3/c1-2-3-4-5-6-7-8-10-13-16(18)14-11-9-12-15-17(19)20/h2,7-8,16,18H,1,3-6,9,11-12,14-15H2,(H,19,20)/b8-7+. The van der Waals surface area contributed by atoms with Crippen LogP contribution in [0.1, 0.15) is 57.8 Å². The van der Waals surface area contributed by atoms with Gasteiger partial charge in [0.05, 0.1) is 0 Å². The van der Waals surface area contributed by atoms with Crippen LogP contribution in [-0.2, 0) is 4.79 Å². The van der Waals surface area contributed by atoms with Crippen molar-refractivity contribution < 1.29 is 15.0 Å². The fraction of sp³-hybridized carbons (Fsp3) is 0.588. The molecule has 0 aromatic heterocycles. The van der Waals surface area contributed by atoms with Crippen LogP contribution in [-0.4, -0.2) is 22.3 Å². The summed E-state index contributed by atoms with van der Waals surface area (Å²) in [6, 6.07) is 0. The average molecular weight is 278 g/mol. The van der Waals surface area contributed by atoms with E-state index in [0.29, 0.717) is 12.8 Å². The molecule has 1 unspecified atom stereocenters. The summed E-state index contributed by atoms with van der Waals surface area (Å²) in [5.74, 6) is 4.85. The molecule has 0 aliphatic rings. The molecule has 0 aromatic rings. The monoisotopic (exact) mass is 278 g/mol. The van der Waals surface area contributed by atoms with Gasteiger partial charge in [-0.05, 0) is 51.0 Å². The lowest BCUT2D eigenvalue weighted by Crippen LogP contribution is -2.02. The van der Waals surface area contributed by atoms with Gasteiger partial charge in [0.2, 0.25) is 0 Å². The van der Waals surface area contributed by atoms with Crippen LogP contribution in [0.5, 0.6) is 0 Å². The maximum Gasteiger partial charge on any atom is 0.303 e. The third-order valence-electron chi connectivity index (χ3n) is 2.85. The van der Waals surface area contributed by atoms with E-state index in [1.165, 1.54) is 0 Å². The van der Waals surface area contributed by atoms with Gasteiger partial charge in [-0.1, -0.05) is 30.4 Å². The van der Waals surface area contributed by atoms with Crippen LogP contribution in [0.2, 0.25) is 0 Å². The first kappa shape index (κ1) is 18.5. The number of rotatable bonds is 11. The van der Waals surface area contributed by atoms with E-state index in [-0.39, 0.29) is 6.42 Å². The summed E-state index contributed by atoms with van der Waals surface area (Å²) in [6.45, 7) is 3.67. The van der Waals surface area contributed by atoms with Crippen molar-refractivity contribution in [1.29, 1.82) is 0 Å². The number of carboxylic acid groups (broad SMARTS) is 1. The number of aliphatic carboxylic acids is 1. The predicted molar refractivity (Wildman–Crippen MR) is 82.3 cm³/mol. The topological polar surface area (TPSA) is 57.5 Å². The van der Waals surface area contributed by atoms with Crippen LogP contribution in [0.25, 0.3) is 0 Å². The number of aliphatic hydroxyl groups excluding tert-OH is 1. The molecule has 0 bridgehead atoms. The number of hydrogen-bond donors (Lipinski definition) is 2. The molecule has 3 heteroatoms. The van der Waals surface area contributed by atoms with Crippen molar-refractivity contribution in [2.75, 3.05) is 0 Å². The van der Waals surface area contributed by atoms with Crippen molar-refractivity contribution in [3.63, 3.8) is 0 Å². The third kappa shape index (κ3) is 14.5. The van der Waals surface area contributed by atoms with Crippen molar-refractivity contribution in [3.05, 3.63) is 24.8 Å². The molecule has 0 saturated heterocycles. The van der Waals surface area contributed by atoms with Crippen LogP contribution >= 0.6 is 0 Å². The molecule has 112 valence electrons. The number of aliphatic hydroxyl groups is 1. The van der Waals surface area contributed by atoms with Gasteiger partial charge in [0, 0.05) is 6.42 Å². The molecule has 0 radical (unpaired) electrons. The molecule has 0 amide bonds. The van der Waals surface area contributed by atoms with Gasteiger partial charge >= 0.3 is 5.97 Å². The molecule has 0 fully saturated rings. The summed E-state index contributed by atoms with van der Waals surface area (Å²) in [7, 11) is 0. The number of allylic oxidation sites excluding steroid dienone is 3. The van der Waals surface area contributed by atoms with Crippen LogP contribution < -0.4 is 0 Å². The van der Waals surface area contributed by atoms with E-state index in [1.807, 2.05) is 12.2 Å². The normalized spacial score (nSPS) is 11.8. The minimum atomic E-state index is -0.761. The Bertz CT molecular complexity index is 347. The molecular weight excluding hydrogens is 252 g/mol. The summed E-state index contributed by atoms with van der Waals surface area (Å²) in [4.78, 5) is 10.3. The summed E-state index contributed by atoms with van der Waals surface area (Å²) >= 11 is 0. The highest BCUT2D eigenvalue weighted by Crippen LogP contribution is 2.05. The molecule has 20 heavy (non-hydrogen) atoms. The zero-order valence-corrected chi connectivity index (χ0v) is 12.2. The van der Waals surface area contributed by atoms with E-state index in [1.54, 1.807) is 6.08 Å². The van der Waals surface area contributed by atoms with Crippen LogP contribution in [0.3, 0.4) is 0 Å². The molecule has 0 saturated carbocycles. The number of carbonyl (C=O) groups is 1. The van der Waals surface area contributed by atoms with Crippen LogP contribution in [0.4, 0.5) is 0 Å². The Morgan fingerprint density at radius 1 is 1.15 bits per heavy atom. The lowest BCUT2D eigenvalue weighted by atomic mass is 10.1.